The summed E-state index contributed by atoms with van der Waals surface area (Å²) in [7, 11) is 0. The maximum atomic E-state index is 6.29. The third kappa shape index (κ3) is 2.48. The molecule has 0 bridgehead atoms. The molecule has 1 aromatic heterocycles. The highest BCUT2D eigenvalue weighted by molar-refractivity contribution is 8.00. The number of nitrogens with zero attached hydrogens (tertiary/aromatic N) is 2. The Bertz CT molecular complexity index is 617. The Hall–Kier alpha value is -0.380. The van der Waals surface area contributed by atoms with Crippen LogP contribution in [0.3, 0.4) is 0 Å². The average Bonchev–Trinajstić information content (AvgIpc) is 3.06. The number of halogens is 2. The van der Waals surface area contributed by atoms with Crippen molar-refractivity contribution >= 4 is 46.0 Å². The van der Waals surface area contributed by atoms with Crippen LogP contribution >= 0.6 is 35.0 Å². The molecule has 1 unspecified atom stereocenters. The number of alkyl halides is 1. The Kier molecular flexibility index (Phi) is 3.48. The van der Waals surface area contributed by atoms with Crippen LogP contribution in [0.1, 0.15) is 31.0 Å². The summed E-state index contributed by atoms with van der Waals surface area (Å²) >= 11 is 14.3. The van der Waals surface area contributed by atoms with Gasteiger partial charge in [-0.25, -0.2) is 4.98 Å². The first-order valence-electron chi connectivity index (χ1n) is 6.39. The van der Waals surface area contributed by atoms with Gasteiger partial charge in [0.25, 0.3) is 0 Å². The van der Waals surface area contributed by atoms with Crippen LogP contribution < -0.4 is 0 Å². The van der Waals surface area contributed by atoms with E-state index in [0.29, 0.717) is 4.75 Å². The molecule has 5 heteroatoms. The third-order valence-corrected chi connectivity index (χ3v) is 5.62. The fourth-order valence-corrected chi connectivity index (χ4v) is 3.55. The van der Waals surface area contributed by atoms with Crippen LogP contribution in [0.2, 0.25) is 5.02 Å². The van der Waals surface area contributed by atoms with Gasteiger partial charge < -0.3 is 4.57 Å². The summed E-state index contributed by atoms with van der Waals surface area (Å²) in [5.74, 6) is 0.944. The fraction of sp³-hybridized carbons (Fsp3) is 0.500. The number of aromatic nitrogens is 2. The summed E-state index contributed by atoms with van der Waals surface area (Å²) in [4.78, 5) is 4.66. The van der Waals surface area contributed by atoms with Crippen LogP contribution in [0.15, 0.2) is 18.2 Å². The number of rotatable bonds is 4. The van der Waals surface area contributed by atoms with Gasteiger partial charge >= 0.3 is 0 Å². The lowest BCUT2D eigenvalue weighted by Crippen LogP contribution is -2.16. The normalized spacial score (nSPS) is 18.7. The summed E-state index contributed by atoms with van der Waals surface area (Å²) in [6, 6.07) is 5.88. The van der Waals surface area contributed by atoms with Crippen molar-refractivity contribution in [2.45, 2.75) is 36.4 Å². The maximum Gasteiger partial charge on any atom is 0.127 e. The second-order valence-corrected chi connectivity index (χ2v) is 7.56. The van der Waals surface area contributed by atoms with E-state index in [-0.39, 0.29) is 5.38 Å². The Balaban J connectivity index is 2.11. The van der Waals surface area contributed by atoms with E-state index in [2.05, 4.69) is 15.8 Å². The first-order chi connectivity index (χ1) is 9.04. The fourth-order valence-electron chi connectivity index (χ4n) is 2.45. The molecule has 1 aliphatic carbocycles. The highest BCUT2D eigenvalue weighted by Crippen LogP contribution is 2.49. The lowest BCUT2D eigenvalue weighted by Gasteiger charge is -2.17. The lowest BCUT2D eigenvalue weighted by molar-refractivity contribution is 0.639. The van der Waals surface area contributed by atoms with E-state index < -0.39 is 0 Å². The predicted octanol–water partition coefficient (Wildman–Crippen LogP) is 4.89. The molecule has 1 aromatic carbocycles. The highest BCUT2D eigenvalue weighted by Gasteiger charge is 2.43. The summed E-state index contributed by atoms with van der Waals surface area (Å²) in [5.41, 5.74) is 2.07. The Morgan fingerprint density at radius 1 is 1.47 bits per heavy atom. The molecule has 1 heterocycles. The Morgan fingerprint density at radius 3 is 2.79 bits per heavy atom. The second kappa shape index (κ2) is 4.87. The molecule has 19 heavy (non-hydrogen) atoms. The third-order valence-electron chi connectivity index (χ3n) is 3.78. The van der Waals surface area contributed by atoms with Crippen molar-refractivity contribution in [3.63, 3.8) is 0 Å². The van der Waals surface area contributed by atoms with Crippen LogP contribution in [-0.4, -0.2) is 20.6 Å². The first kappa shape index (κ1) is 13.6. The van der Waals surface area contributed by atoms with Crippen molar-refractivity contribution in [3.8, 4) is 0 Å². The van der Waals surface area contributed by atoms with Gasteiger partial charge in [-0.2, -0.15) is 11.8 Å². The van der Waals surface area contributed by atoms with E-state index in [9.17, 15) is 0 Å². The standard InChI is InChI=1S/C14H16Cl2N2S/c1-9(15)13-17-11-7-10(16)3-4-12(11)18(13)8-14(19-2)5-6-14/h3-4,7,9H,5-6,8H2,1-2H3. The first-order valence-corrected chi connectivity index (χ1v) is 8.43. The molecule has 1 atom stereocenters. The van der Waals surface area contributed by atoms with E-state index in [1.165, 1.54) is 12.8 Å². The van der Waals surface area contributed by atoms with Gasteiger partial charge in [-0.1, -0.05) is 11.6 Å². The lowest BCUT2D eigenvalue weighted by atomic mass is 10.3. The molecule has 102 valence electrons. The largest absolute Gasteiger partial charge is 0.325 e. The van der Waals surface area contributed by atoms with Crippen molar-refractivity contribution < 1.29 is 0 Å². The number of thioether (sulfide) groups is 1. The summed E-state index contributed by atoms with van der Waals surface area (Å²) < 4.78 is 2.65. The minimum atomic E-state index is -0.0937. The SMILES string of the molecule is CSC1(Cn2c(C(C)Cl)nc3cc(Cl)ccc32)CC1. The molecule has 1 aliphatic rings. The molecule has 0 saturated heterocycles. The Labute approximate surface area is 127 Å². The summed E-state index contributed by atoms with van der Waals surface area (Å²) in [6.07, 6.45) is 4.74. The average molecular weight is 315 g/mol. The Morgan fingerprint density at radius 2 is 2.21 bits per heavy atom. The van der Waals surface area contributed by atoms with Gasteiger partial charge in [0.1, 0.15) is 5.82 Å². The number of fused-ring (bicyclic) bond motifs is 1. The molecular weight excluding hydrogens is 299 g/mol. The highest BCUT2D eigenvalue weighted by atomic mass is 35.5. The molecule has 0 amide bonds. The maximum absolute atomic E-state index is 6.29. The monoisotopic (exact) mass is 314 g/mol. The molecule has 2 nitrogen and oxygen atoms in total. The van der Waals surface area contributed by atoms with Crippen molar-refractivity contribution in [2.24, 2.45) is 0 Å². The molecule has 1 fully saturated rings. The molecule has 0 N–H and O–H groups in total. The molecule has 0 spiro atoms. The van der Waals surface area contributed by atoms with E-state index in [1.807, 2.05) is 36.9 Å². The minimum Gasteiger partial charge on any atom is -0.325 e. The van der Waals surface area contributed by atoms with Gasteiger partial charge in [0, 0.05) is 16.3 Å². The topological polar surface area (TPSA) is 17.8 Å². The van der Waals surface area contributed by atoms with E-state index in [1.54, 1.807) is 0 Å². The molecule has 1 saturated carbocycles. The predicted molar refractivity (Wildman–Crippen MR) is 84.5 cm³/mol. The van der Waals surface area contributed by atoms with Gasteiger partial charge in [0.05, 0.1) is 16.4 Å². The van der Waals surface area contributed by atoms with E-state index in [4.69, 9.17) is 23.2 Å². The second-order valence-electron chi connectivity index (χ2n) is 5.19. The summed E-state index contributed by atoms with van der Waals surface area (Å²) in [6.45, 7) is 2.96. The van der Waals surface area contributed by atoms with Crippen molar-refractivity contribution in [2.75, 3.05) is 6.26 Å². The number of benzene rings is 1. The zero-order valence-corrected chi connectivity index (χ0v) is 13.3. The minimum absolute atomic E-state index is 0.0937. The van der Waals surface area contributed by atoms with Crippen LogP contribution in [0.5, 0.6) is 0 Å². The van der Waals surface area contributed by atoms with E-state index >= 15 is 0 Å². The van der Waals surface area contributed by atoms with Gasteiger partial charge in [-0.3, -0.25) is 0 Å². The summed E-state index contributed by atoms with van der Waals surface area (Å²) in [5, 5.41) is 0.626. The quantitative estimate of drug-likeness (QED) is 0.748. The van der Waals surface area contributed by atoms with Crippen LogP contribution in [0, 0.1) is 0 Å². The number of hydrogen-bond donors (Lipinski definition) is 0. The smallest absolute Gasteiger partial charge is 0.127 e. The van der Waals surface area contributed by atoms with Crippen LogP contribution in [0.4, 0.5) is 0 Å². The molecule has 0 radical (unpaired) electrons. The van der Waals surface area contributed by atoms with Gasteiger partial charge in [0.2, 0.25) is 0 Å². The van der Waals surface area contributed by atoms with Gasteiger partial charge in [0.15, 0.2) is 0 Å². The molecule has 3 rings (SSSR count). The number of imidazole rings is 1. The van der Waals surface area contributed by atoms with Crippen molar-refractivity contribution in [1.29, 1.82) is 0 Å². The van der Waals surface area contributed by atoms with Gasteiger partial charge in [-0.15, -0.1) is 11.6 Å². The van der Waals surface area contributed by atoms with Crippen molar-refractivity contribution in [1.82, 2.24) is 9.55 Å². The number of hydrogen-bond acceptors (Lipinski definition) is 2. The van der Waals surface area contributed by atoms with Crippen molar-refractivity contribution in [3.05, 3.63) is 29.0 Å². The molecule has 2 aromatic rings. The van der Waals surface area contributed by atoms with Crippen LogP contribution in [0.25, 0.3) is 11.0 Å². The zero-order chi connectivity index (χ0) is 13.6. The van der Waals surface area contributed by atoms with Gasteiger partial charge in [-0.05, 0) is 44.2 Å². The van der Waals surface area contributed by atoms with E-state index in [0.717, 1.165) is 28.4 Å². The molecular formula is C14H16Cl2N2S. The molecule has 0 aliphatic heterocycles. The zero-order valence-electron chi connectivity index (χ0n) is 11.0. The van der Waals surface area contributed by atoms with Crippen LogP contribution in [-0.2, 0) is 6.54 Å².